The van der Waals surface area contributed by atoms with Crippen molar-refractivity contribution in [2.75, 3.05) is 0 Å². The van der Waals surface area contributed by atoms with Gasteiger partial charge in [0, 0.05) is 46.7 Å². The smallest absolute Gasteiger partial charge is 0.303 e. The number of benzene rings is 2. The molecule has 0 saturated heterocycles. The fourth-order valence-electron chi connectivity index (χ4n) is 4.50. The van der Waals surface area contributed by atoms with Crippen molar-refractivity contribution in [3.63, 3.8) is 0 Å². The molecule has 5 rings (SSSR count). The molecule has 0 unspecified atom stereocenters. The van der Waals surface area contributed by atoms with Crippen LogP contribution < -0.4 is 5.56 Å². The Kier molecular flexibility index (Phi) is 6.35. The topological polar surface area (TPSA) is 116 Å². The van der Waals surface area contributed by atoms with E-state index in [1.807, 2.05) is 36.4 Å². The first-order valence-electron chi connectivity index (χ1n) is 11.3. The number of fused-ring (bicyclic) bond motifs is 1. The average molecular weight is 501 g/mol. The van der Waals surface area contributed by atoms with Crippen LogP contribution in [0.15, 0.2) is 83.0 Å². The molecule has 1 atom stereocenters. The third-order valence-electron chi connectivity index (χ3n) is 6.12. The number of aromatic nitrogens is 2. The highest BCUT2D eigenvalue weighted by atomic mass is 35.5. The molecule has 1 aliphatic heterocycles. The van der Waals surface area contributed by atoms with Crippen molar-refractivity contribution < 1.29 is 14.7 Å². The lowest BCUT2D eigenvalue weighted by Crippen LogP contribution is -2.27. The van der Waals surface area contributed by atoms with Gasteiger partial charge >= 0.3 is 5.97 Å². The minimum Gasteiger partial charge on any atom is -0.481 e. The van der Waals surface area contributed by atoms with E-state index < -0.39 is 17.9 Å². The second-order valence-electron chi connectivity index (χ2n) is 8.45. The first kappa shape index (κ1) is 23.4. The van der Waals surface area contributed by atoms with E-state index in [1.165, 1.54) is 5.01 Å². The molecule has 180 valence electrons. The summed E-state index contributed by atoms with van der Waals surface area (Å²) in [5.74, 6) is -1.51. The lowest BCUT2D eigenvalue weighted by molar-refractivity contribution is -0.141. The Labute approximate surface area is 210 Å². The Morgan fingerprint density at radius 3 is 2.58 bits per heavy atom. The van der Waals surface area contributed by atoms with Gasteiger partial charge in [-0.2, -0.15) is 5.10 Å². The lowest BCUT2D eigenvalue weighted by atomic mass is 9.91. The molecule has 0 bridgehead atoms. The number of hydrogen-bond acceptors (Lipinski definition) is 5. The van der Waals surface area contributed by atoms with Gasteiger partial charge in [-0.1, -0.05) is 48.0 Å². The molecule has 0 fully saturated rings. The largest absolute Gasteiger partial charge is 0.481 e. The predicted octanol–water partition coefficient (Wildman–Crippen LogP) is 4.79. The molecule has 0 aliphatic carbocycles. The Morgan fingerprint density at radius 1 is 1.06 bits per heavy atom. The summed E-state index contributed by atoms with van der Waals surface area (Å²) >= 11 is 6.33. The van der Waals surface area contributed by atoms with Crippen molar-refractivity contribution in [3.8, 4) is 11.1 Å². The number of nitrogens with one attached hydrogen (secondary N) is 1. The molecular formula is C27H21ClN4O4. The number of carboxylic acids is 1. The number of halogens is 1. The Bertz CT molecular complexity index is 1550. The van der Waals surface area contributed by atoms with Crippen molar-refractivity contribution in [1.29, 1.82) is 0 Å². The molecule has 0 radical (unpaired) electrons. The van der Waals surface area contributed by atoms with E-state index >= 15 is 0 Å². The minimum absolute atomic E-state index is 0.210. The van der Waals surface area contributed by atoms with Gasteiger partial charge < -0.3 is 10.1 Å². The number of rotatable bonds is 6. The van der Waals surface area contributed by atoms with Gasteiger partial charge in [0.25, 0.3) is 5.56 Å². The van der Waals surface area contributed by atoms with Gasteiger partial charge in [0.1, 0.15) is 0 Å². The minimum atomic E-state index is -1.07. The first-order chi connectivity index (χ1) is 17.4. The zero-order chi connectivity index (χ0) is 25.2. The number of carbonyl (C=O) groups excluding carboxylic acids is 1. The monoisotopic (exact) mass is 500 g/mol. The predicted molar refractivity (Wildman–Crippen MR) is 137 cm³/mol. The summed E-state index contributed by atoms with van der Waals surface area (Å²) in [5, 5.41) is 16.2. The highest BCUT2D eigenvalue weighted by Gasteiger charge is 2.35. The molecule has 3 heterocycles. The Morgan fingerprint density at radius 2 is 1.86 bits per heavy atom. The maximum Gasteiger partial charge on any atom is 0.303 e. The number of carbonyl (C=O) groups is 2. The van der Waals surface area contributed by atoms with E-state index in [-0.39, 0.29) is 24.8 Å². The molecule has 9 heteroatoms. The number of hydrazone groups is 1. The van der Waals surface area contributed by atoms with Gasteiger partial charge in [-0.3, -0.25) is 19.4 Å². The molecule has 4 aromatic rings. The first-order valence-corrected chi connectivity index (χ1v) is 11.7. The zero-order valence-corrected chi connectivity index (χ0v) is 19.8. The molecule has 8 nitrogen and oxygen atoms in total. The molecular weight excluding hydrogens is 480 g/mol. The standard InChI is InChI=1S/C27H21ClN4O4/c28-18-8-9-20-19(13-18)25(16-5-2-1-3-6-16)26(27(36)30-20)21-14-22(17-7-4-12-29-15-17)32(31-21)23(33)10-11-24(34)35/h1-9,12-13,15,22H,10-11,14H2,(H,30,36)(H,34,35)/t22-/m0/s1. The second kappa shape index (κ2) is 9.75. The Hall–Kier alpha value is -4.30. The normalized spacial score (nSPS) is 15.2. The summed E-state index contributed by atoms with van der Waals surface area (Å²) in [6.45, 7) is 0. The van der Waals surface area contributed by atoms with Crippen LogP contribution in [0.2, 0.25) is 5.02 Å². The maximum atomic E-state index is 13.5. The molecule has 36 heavy (non-hydrogen) atoms. The van der Waals surface area contributed by atoms with Gasteiger partial charge in [0.15, 0.2) is 0 Å². The van der Waals surface area contributed by atoms with E-state index in [0.29, 0.717) is 27.4 Å². The molecule has 0 saturated carbocycles. The molecule has 2 N–H and O–H groups in total. The van der Waals surface area contributed by atoms with E-state index in [2.05, 4.69) is 15.1 Å². The van der Waals surface area contributed by atoms with Gasteiger partial charge in [-0.05, 0) is 35.4 Å². The lowest BCUT2D eigenvalue weighted by Gasteiger charge is -2.21. The quantitative estimate of drug-likeness (QED) is 0.395. The number of amides is 1. The van der Waals surface area contributed by atoms with Gasteiger partial charge in [-0.25, -0.2) is 5.01 Å². The molecule has 1 amide bonds. The van der Waals surface area contributed by atoms with Crippen molar-refractivity contribution in [1.82, 2.24) is 15.0 Å². The van der Waals surface area contributed by atoms with Crippen LogP contribution in [0.5, 0.6) is 0 Å². The molecule has 2 aromatic carbocycles. The van der Waals surface area contributed by atoms with Crippen molar-refractivity contribution in [2.45, 2.75) is 25.3 Å². The highest BCUT2D eigenvalue weighted by Crippen LogP contribution is 2.37. The number of H-pyrrole nitrogens is 1. The summed E-state index contributed by atoms with van der Waals surface area (Å²) in [6, 6.07) is 17.8. The summed E-state index contributed by atoms with van der Waals surface area (Å²) in [7, 11) is 0. The molecule has 2 aromatic heterocycles. The SMILES string of the molecule is O=C(O)CCC(=O)N1N=C(c2c(-c3ccccc3)c3cc(Cl)ccc3[nH]c2=O)C[C@H]1c1cccnc1. The number of pyridine rings is 2. The van der Waals surface area contributed by atoms with Crippen LogP contribution in [0.1, 0.15) is 36.4 Å². The van der Waals surface area contributed by atoms with Crippen LogP contribution >= 0.6 is 11.6 Å². The van der Waals surface area contributed by atoms with Gasteiger partial charge in [-0.15, -0.1) is 0 Å². The van der Waals surface area contributed by atoms with Gasteiger partial charge in [0.05, 0.1) is 23.7 Å². The van der Waals surface area contributed by atoms with Crippen LogP contribution in [0.4, 0.5) is 0 Å². The molecule has 1 aliphatic rings. The van der Waals surface area contributed by atoms with E-state index in [4.69, 9.17) is 16.7 Å². The van der Waals surface area contributed by atoms with E-state index in [0.717, 1.165) is 16.5 Å². The van der Waals surface area contributed by atoms with E-state index in [1.54, 1.807) is 36.7 Å². The van der Waals surface area contributed by atoms with Gasteiger partial charge in [0.2, 0.25) is 5.91 Å². The summed E-state index contributed by atoms with van der Waals surface area (Å²) in [4.78, 5) is 44.7. The summed E-state index contributed by atoms with van der Waals surface area (Å²) in [5.41, 5.74) is 3.27. The highest BCUT2D eigenvalue weighted by molar-refractivity contribution is 6.31. The average Bonchev–Trinajstić information content (AvgIpc) is 3.33. The second-order valence-corrected chi connectivity index (χ2v) is 8.88. The van der Waals surface area contributed by atoms with Crippen LogP contribution in [-0.2, 0) is 9.59 Å². The number of nitrogens with zero attached hydrogens (tertiary/aromatic N) is 3. The number of carboxylic acid groups (broad SMARTS) is 1. The fourth-order valence-corrected chi connectivity index (χ4v) is 4.67. The third-order valence-corrected chi connectivity index (χ3v) is 6.35. The third kappa shape index (κ3) is 4.50. The van der Waals surface area contributed by atoms with Crippen molar-refractivity contribution in [2.24, 2.45) is 5.10 Å². The van der Waals surface area contributed by atoms with Crippen LogP contribution in [0, 0.1) is 0 Å². The van der Waals surface area contributed by atoms with E-state index in [9.17, 15) is 14.4 Å². The fraction of sp³-hybridized carbons (Fsp3) is 0.148. The zero-order valence-electron chi connectivity index (χ0n) is 19.0. The van der Waals surface area contributed by atoms with Crippen LogP contribution in [0.3, 0.4) is 0 Å². The molecule has 0 spiro atoms. The number of aromatic amines is 1. The van der Waals surface area contributed by atoms with Crippen LogP contribution in [-0.4, -0.2) is 37.7 Å². The number of hydrogen-bond donors (Lipinski definition) is 2. The van der Waals surface area contributed by atoms with Crippen LogP contribution in [0.25, 0.3) is 22.0 Å². The maximum absolute atomic E-state index is 13.5. The summed E-state index contributed by atoms with van der Waals surface area (Å²) < 4.78 is 0. The van der Waals surface area contributed by atoms with Crippen molar-refractivity contribution in [3.05, 3.63) is 99.6 Å². The Balaban J connectivity index is 1.70. The number of aliphatic carboxylic acids is 1. The van der Waals surface area contributed by atoms with Crippen molar-refractivity contribution >= 4 is 40.1 Å². The summed E-state index contributed by atoms with van der Waals surface area (Å²) in [6.07, 6.45) is 3.01.